The maximum Gasteiger partial charge on any atom is 0.408 e. The molecule has 14 nitrogen and oxygen atoms in total. The number of nitrogens with one attached hydrogen (secondary N) is 2. The summed E-state index contributed by atoms with van der Waals surface area (Å²) in [5.74, 6) is -2.11. The van der Waals surface area contributed by atoms with Gasteiger partial charge in [-0.05, 0) is 56.7 Å². The SMILES string of the molecule is C=C[C@@H]1C[C@]1(NC(=O)[C@@H]1C[C@H](Oc2cc(C(=O)OC)nc3cc(OC)ccc23)CN1C(=O)[C@@H](NC(=O)OC1CCCC1)C(=C)C)C(=O)OC. The first-order valence-corrected chi connectivity index (χ1v) is 16.1. The number of methoxy groups -OCH3 is 3. The highest BCUT2D eigenvalue weighted by Crippen LogP contribution is 2.45. The minimum absolute atomic E-state index is 0.0105. The number of carbonyl (C=O) groups is 5. The van der Waals surface area contributed by atoms with Crippen molar-refractivity contribution in [1.82, 2.24) is 20.5 Å². The van der Waals surface area contributed by atoms with Gasteiger partial charge in [0, 0.05) is 29.9 Å². The van der Waals surface area contributed by atoms with Crippen molar-refractivity contribution in [3.05, 3.63) is 54.8 Å². The van der Waals surface area contributed by atoms with E-state index < -0.39 is 53.6 Å². The van der Waals surface area contributed by atoms with Gasteiger partial charge in [-0.3, -0.25) is 9.59 Å². The largest absolute Gasteiger partial charge is 0.497 e. The third-order valence-corrected chi connectivity index (χ3v) is 9.29. The number of benzene rings is 1. The zero-order valence-corrected chi connectivity index (χ0v) is 28.1. The fourth-order valence-corrected chi connectivity index (χ4v) is 6.52. The second-order valence-corrected chi connectivity index (χ2v) is 12.6. The lowest BCUT2D eigenvalue weighted by Gasteiger charge is -2.29. The summed E-state index contributed by atoms with van der Waals surface area (Å²) in [6.45, 7) is 9.18. The molecule has 2 saturated carbocycles. The van der Waals surface area contributed by atoms with Crippen LogP contribution in [0.5, 0.6) is 11.5 Å². The Morgan fingerprint density at radius 3 is 2.41 bits per heavy atom. The number of pyridine rings is 1. The number of aromatic nitrogens is 1. The number of hydrogen-bond donors (Lipinski definition) is 2. The summed E-state index contributed by atoms with van der Waals surface area (Å²) in [5, 5.41) is 5.98. The predicted octanol–water partition coefficient (Wildman–Crippen LogP) is 3.23. The van der Waals surface area contributed by atoms with E-state index >= 15 is 0 Å². The van der Waals surface area contributed by atoms with E-state index in [9.17, 15) is 24.0 Å². The van der Waals surface area contributed by atoms with Crippen molar-refractivity contribution in [2.75, 3.05) is 27.9 Å². The highest BCUT2D eigenvalue weighted by molar-refractivity contribution is 5.97. The van der Waals surface area contributed by atoms with Gasteiger partial charge in [-0.2, -0.15) is 0 Å². The van der Waals surface area contributed by atoms with Crippen LogP contribution in [0.25, 0.3) is 10.9 Å². The molecule has 2 heterocycles. The lowest BCUT2D eigenvalue weighted by Crippen LogP contribution is -2.56. The molecule has 3 aliphatic rings. The highest BCUT2D eigenvalue weighted by atomic mass is 16.6. The van der Waals surface area contributed by atoms with Crippen LogP contribution in [-0.2, 0) is 28.6 Å². The van der Waals surface area contributed by atoms with Gasteiger partial charge in [0.25, 0.3) is 0 Å². The summed E-state index contributed by atoms with van der Waals surface area (Å²) >= 11 is 0. The first kappa shape index (κ1) is 35.2. The molecule has 262 valence electrons. The van der Waals surface area contributed by atoms with Gasteiger partial charge in [0.05, 0.1) is 33.4 Å². The van der Waals surface area contributed by atoms with Crippen LogP contribution in [0.15, 0.2) is 49.1 Å². The van der Waals surface area contributed by atoms with E-state index in [0.717, 1.165) is 25.7 Å². The Labute approximate surface area is 284 Å². The van der Waals surface area contributed by atoms with Gasteiger partial charge >= 0.3 is 18.0 Å². The van der Waals surface area contributed by atoms with Gasteiger partial charge in [-0.15, -0.1) is 6.58 Å². The molecular formula is C35H42N4O10. The van der Waals surface area contributed by atoms with Crippen LogP contribution < -0.4 is 20.1 Å². The molecular weight excluding hydrogens is 636 g/mol. The van der Waals surface area contributed by atoms with Crippen LogP contribution >= 0.6 is 0 Å². The number of likely N-dealkylation sites (tertiary alicyclic amines) is 1. The molecule has 1 saturated heterocycles. The molecule has 3 fully saturated rings. The van der Waals surface area contributed by atoms with Crippen molar-refractivity contribution >= 4 is 40.7 Å². The first-order chi connectivity index (χ1) is 23.4. The minimum Gasteiger partial charge on any atom is -0.497 e. The van der Waals surface area contributed by atoms with Gasteiger partial charge in [-0.1, -0.05) is 12.7 Å². The number of ether oxygens (including phenoxy) is 5. The van der Waals surface area contributed by atoms with Gasteiger partial charge in [0.15, 0.2) is 5.69 Å². The topological polar surface area (TPSA) is 172 Å². The zero-order valence-electron chi connectivity index (χ0n) is 28.1. The average Bonchev–Trinajstić information content (AvgIpc) is 3.36. The molecule has 0 bridgehead atoms. The number of amides is 3. The van der Waals surface area contributed by atoms with E-state index in [4.69, 9.17) is 23.7 Å². The molecule has 0 radical (unpaired) electrons. The van der Waals surface area contributed by atoms with Gasteiger partial charge in [0.1, 0.15) is 41.3 Å². The molecule has 1 aromatic carbocycles. The molecule has 3 amide bonds. The molecule has 0 spiro atoms. The van der Waals surface area contributed by atoms with Crippen molar-refractivity contribution in [3.63, 3.8) is 0 Å². The van der Waals surface area contributed by atoms with Crippen molar-refractivity contribution < 1.29 is 47.7 Å². The Hall–Kier alpha value is -5.14. The zero-order chi connectivity index (χ0) is 35.5. The third-order valence-electron chi connectivity index (χ3n) is 9.29. The molecule has 14 heteroatoms. The molecule has 5 rings (SSSR count). The molecule has 2 aromatic rings. The quantitative estimate of drug-likeness (QED) is 0.192. The highest BCUT2D eigenvalue weighted by Gasteiger charge is 2.62. The fraction of sp³-hybridized carbons (Fsp3) is 0.486. The maximum atomic E-state index is 14.2. The average molecular weight is 679 g/mol. The van der Waals surface area contributed by atoms with Crippen molar-refractivity contribution in [2.45, 2.75) is 75.3 Å². The third kappa shape index (κ3) is 7.32. The van der Waals surface area contributed by atoms with Gasteiger partial charge in [-0.25, -0.2) is 19.4 Å². The van der Waals surface area contributed by atoms with E-state index in [1.165, 1.54) is 32.3 Å². The van der Waals surface area contributed by atoms with E-state index in [0.29, 0.717) is 28.6 Å². The van der Waals surface area contributed by atoms with E-state index in [1.807, 2.05) is 0 Å². The summed E-state index contributed by atoms with van der Waals surface area (Å²) in [7, 11) is 3.97. The summed E-state index contributed by atoms with van der Waals surface area (Å²) in [6.07, 6.45) is 3.51. The van der Waals surface area contributed by atoms with Crippen LogP contribution in [0.2, 0.25) is 0 Å². The Morgan fingerprint density at radius 1 is 1.06 bits per heavy atom. The van der Waals surface area contributed by atoms with Gasteiger partial charge in [0.2, 0.25) is 11.8 Å². The van der Waals surface area contributed by atoms with E-state index in [2.05, 4.69) is 28.8 Å². The first-order valence-electron chi connectivity index (χ1n) is 16.1. The van der Waals surface area contributed by atoms with E-state index in [1.54, 1.807) is 31.2 Å². The predicted molar refractivity (Wildman–Crippen MR) is 176 cm³/mol. The number of hydrogen-bond acceptors (Lipinski definition) is 11. The fourth-order valence-electron chi connectivity index (χ4n) is 6.52. The molecule has 49 heavy (non-hydrogen) atoms. The maximum absolute atomic E-state index is 14.2. The Kier molecular flexibility index (Phi) is 10.4. The van der Waals surface area contributed by atoms with E-state index in [-0.39, 0.29) is 36.4 Å². The van der Waals surface area contributed by atoms with Crippen molar-refractivity contribution in [2.24, 2.45) is 5.92 Å². The minimum atomic E-state index is -1.31. The monoisotopic (exact) mass is 678 g/mol. The van der Waals surface area contributed by atoms with Crippen LogP contribution in [0.3, 0.4) is 0 Å². The molecule has 2 N–H and O–H groups in total. The summed E-state index contributed by atoms with van der Waals surface area (Å²) in [5.41, 5.74) is -0.605. The summed E-state index contributed by atoms with van der Waals surface area (Å²) < 4.78 is 27.2. The lowest BCUT2D eigenvalue weighted by atomic mass is 10.1. The molecule has 1 aliphatic heterocycles. The normalized spacial score (nSPS) is 23.6. The Bertz CT molecular complexity index is 1670. The lowest BCUT2D eigenvalue weighted by molar-refractivity contribution is -0.148. The Morgan fingerprint density at radius 2 is 1.80 bits per heavy atom. The van der Waals surface area contributed by atoms with Crippen molar-refractivity contribution in [3.8, 4) is 11.5 Å². The molecule has 1 aromatic heterocycles. The number of nitrogens with zero attached hydrogens (tertiary/aromatic N) is 2. The molecule has 0 unspecified atom stereocenters. The smallest absolute Gasteiger partial charge is 0.408 e. The summed E-state index contributed by atoms with van der Waals surface area (Å²) in [6, 6.07) is 4.18. The number of rotatable bonds is 12. The number of fused-ring (bicyclic) bond motifs is 1. The van der Waals surface area contributed by atoms with Crippen LogP contribution in [0, 0.1) is 5.92 Å². The number of alkyl carbamates (subject to hydrolysis) is 1. The molecule has 5 atom stereocenters. The van der Waals surface area contributed by atoms with Gasteiger partial charge < -0.3 is 39.2 Å². The number of esters is 2. The second-order valence-electron chi connectivity index (χ2n) is 12.6. The standard InChI is InChI=1S/C35H42N4O10/c1-7-20-17-35(20,33(43)47-6)38-30(40)27-15-23(18-39(27)31(41)29(19(2)3)37-34(44)49-21-10-8-9-11-21)48-28-16-26(32(42)46-5)36-25-14-22(45-4)12-13-24(25)28/h7,12-14,16,20-21,23,27,29H,1-2,8-11,15,17-18H2,3-6H3,(H,37,44)(H,38,40)/t20-,23+,27+,29+,35-/m1/s1. The second kappa shape index (κ2) is 14.5. The van der Waals surface area contributed by atoms with Crippen LogP contribution in [0.1, 0.15) is 55.9 Å². The van der Waals surface area contributed by atoms with Crippen LogP contribution in [-0.4, -0.2) is 97.4 Å². The molecule has 2 aliphatic carbocycles. The number of carbonyl (C=O) groups excluding carboxylic acids is 5. The van der Waals surface area contributed by atoms with Crippen LogP contribution in [0.4, 0.5) is 4.79 Å². The summed E-state index contributed by atoms with van der Waals surface area (Å²) in [4.78, 5) is 72.0. The Balaban J connectivity index is 1.45. The van der Waals surface area contributed by atoms with Crippen molar-refractivity contribution in [1.29, 1.82) is 0 Å².